The van der Waals surface area contributed by atoms with Crippen LogP contribution in [0.5, 0.6) is 5.75 Å². The zero-order valence-electron chi connectivity index (χ0n) is 14.5. The smallest absolute Gasteiger partial charge is 0.243 e. The van der Waals surface area contributed by atoms with Gasteiger partial charge in [-0.05, 0) is 87.2 Å². The van der Waals surface area contributed by atoms with Crippen molar-refractivity contribution in [1.29, 1.82) is 0 Å². The fourth-order valence-electron chi connectivity index (χ4n) is 2.36. The van der Waals surface area contributed by atoms with Gasteiger partial charge in [0.2, 0.25) is 10.0 Å². The fourth-order valence-corrected chi connectivity index (χ4v) is 5.79. The van der Waals surface area contributed by atoms with Crippen molar-refractivity contribution in [3.8, 4) is 5.75 Å². The van der Waals surface area contributed by atoms with E-state index in [1.54, 1.807) is 49.0 Å². The summed E-state index contributed by atoms with van der Waals surface area (Å²) in [6.07, 6.45) is 0.742. The van der Waals surface area contributed by atoms with Crippen LogP contribution >= 0.6 is 43.6 Å². The quantitative estimate of drug-likeness (QED) is 0.409. The predicted molar refractivity (Wildman–Crippen MR) is 113 cm³/mol. The second kappa shape index (κ2) is 9.59. The van der Waals surface area contributed by atoms with Crippen molar-refractivity contribution in [3.05, 3.63) is 50.9 Å². The molecular weight excluding hydrogens is 502 g/mol. The molecule has 0 saturated heterocycles. The molecule has 0 aliphatic heterocycles. The van der Waals surface area contributed by atoms with Crippen molar-refractivity contribution in [3.63, 3.8) is 0 Å². The molecule has 0 fully saturated rings. The molecule has 0 aromatic heterocycles. The first-order valence-electron chi connectivity index (χ1n) is 8.11. The molecule has 0 aliphatic rings. The highest BCUT2D eigenvalue weighted by atomic mass is 79.9. The summed E-state index contributed by atoms with van der Waals surface area (Å²) in [4.78, 5) is 1.25. The molecule has 0 bridgehead atoms. The van der Waals surface area contributed by atoms with Gasteiger partial charge in [0.05, 0.1) is 4.90 Å². The van der Waals surface area contributed by atoms with Gasteiger partial charge in [0.1, 0.15) is 0 Å². The van der Waals surface area contributed by atoms with Crippen LogP contribution in [-0.4, -0.2) is 31.6 Å². The highest BCUT2D eigenvalue weighted by molar-refractivity contribution is 9.13. The summed E-state index contributed by atoms with van der Waals surface area (Å²) in [7, 11) is -3.55. The minimum Gasteiger partial charge on any atom is -0.290 e. The van der Waals surface area contributed by atoms with Crippen LogP contribution in [0.1, 0.15) is 18.9 Å². The largest absolute Gasteiger partial charge is 0.290 e. The summed E-state index contributed by atoms with van der Waals surface area (Å²) in [5.74, 6) is 0.638. The van der Waals surface area contributed by atoms with E-state index in [1.165, 1.54) is 4.31 Å². The van der Waals surface area contributed by atoms with E-state index < -0.39 is 10.0 Å². The third kappa shape index (κ3) is 5.48. The van der Waals surface area contributed by atoms with Crippen LogP contribution in [0, 0.1) is 6.92 Å². The van der Waals surface area contributed by atoms with Gasteiger partial charge in [0.25, 0.3) is 0 Å². The Morgan fingerprint density at radius 1 is 1.04 bits per heavy atom. The van der Waals surface area contributed by atoms with Gasteiger partial charge >= 0.3 is 0 Å². The van der Waals surface area contributed by atoms with E-state index in [0.717, 1.165) is 15.8 Å². The number of benzene rings is 2. The van der Waals surface area contributed by atoms with Crippen LogP contribution in [0.4, 0.5) is 0 Å². The molecular formula is C18H20Br2NO3S2. The zero-order valence-corrected chi connectivity index (χ0v) is 19.3. The lowest BCUT2D eigenvalue weighted by atomic mass is 10.2. The summed E-state index contributed by atoms with van der Waals surface area (Å²) >= 11 is 8.28. The van der Waals surface area contributed by atoms with Crippen LogP contribution in [-0.2, 0) is 15.1 Å². The zero-order chi connectivity index (χ0) is 19.3. The minimum atomic E-state index is -3.55. The molecule has 0 aliphatic carbocycles. The number of hydrogen-bond acceptors (Lipinski definition) is 3. The fraction of sp³-hybridized carbons (Fsp3) is 0.333. The van der Waals surface area contributed by atoms with Crippen molar-refractivity contribution in [2.24, 2.45) is 0 Å². The monoisotopic (exact) mass is 520 g/mol. The van der Waals surface area contributed by atoms with Gasteiger partial charge in [-0.3, -0.25) is 5.11 Å². The highest BCUT2D eigenvalue weighted by Crippen LogP contribution is 2.28. The van der Waals surface area contributed by atoms with E-state index in [0.29, 0.717) is 28.9 Å². The molecule has 0 atom stereocenters. The lowest BCUT2D eigenvalue weighted by Crippen LogP contribution is -2.33. The second-order valence-corrected chi connectivity index (χ2v) is 10.6. The number of halogens is 2. The normalized spacial score (nSPS) is 11.9. The molecule has 0 spiro atoms. The Morgan fingerprint density at radius 2 is 1.77 bits per heavy atom. The van der Waals surface area contributed by atoms with Crippen LogP contribution in [0.25, 0.3) is 0 Å². The average Bonchev–Trinajstić information content (AvgIpc) is 2.59. The second-order valence-electron chi connectivity index (χ2n) is 5.76. The summed E-state index contributed by atoms with van der Waals surface area (Å²) < 4.78 is 29.0. The van der Waals surface area contributed by atoms with E-state index in [-0.39, 0.29) is 10.6 Å². The molecule has 0 unspecified atom stereocenters. The summed E-state index contributed by atoms with van der Waals surface area (Å²) in [6, 6.07) is 10.1. The first-order valence-corrected chi connectivity index (χ1v) is 12.1. The van der Waals surface area contributed by atoms with Gasteiger partial charge in [0.15, 0.2) is 5.75 Å². The van der Waals surface area contributed by atoms with Crippen molar-refractivity contribution >= 4 is 53.6 Å². The summed E-state index contributed by atoms with van der Waals surface area (Å²) in [5.41, 5.74) is 0.702. The van der Waals surface area contributed by atoms with Gasteiger partial charge < -0.3 is 0 Å². The SMILES string of the molecule is CCCN(CCSc1ccc([O])c(C)c1)S(=O)(=O)c1ccc(Br)c(Br)c1. The van der Waals surface area contributed by atoms with Gasteiger partial charge in [0, 0.05) is 32.7 Å². The number of aryl methyl sites for hydroxylation is 1. The van der Waals surface area contributed by atoms with E-state index >= 15 is 0 Å². The van der Waals surface area contributed by atoms with E-state index in [4.69, 9.17) is 0 Å². The van der Waals surface area contributed by atoms with Crippen LogP contribution in [0.15, 0.2) is 55.1 Å². The maximum Gasteiger partial charge on any atom is 0.243 e. The molecule has 2 aromatic rings. The van der Waals surface area contributed by atoms with Gasteiger partial charge in [-0.15, -0.1) is 11.8 Å². The molecule has 0 N–H and O–H groups in total. The maximum absolute atomic E-state index is 13.0. The molecule has 0 heterocycles. The van der Waals surface area contributed by atoms with Crippen molar-refractivity contribution in [2.75, 3.05) is 18.8 Å². The Balaban J connectivity index is 2.11. The molecule has 2 aromatic carbocycles. The molecule has 4 nitrogen and oxygen atoms in total. The first kappa shape index (κ1) is 21.8. The third-order valence-corrected chi connectivity index (χ3v) is 8.51. The third-order valence-electron chi connectivity index (χ3n) is 3.76. The van der Waals surface area contributed by atoms with Crippen LogP contribution in [0.3, 0.4) is 0 Å². The molecule has 2 rings (SSSR count). The summed E-state index contributed by atoms with van der Waals surface area (Å²) in [6.45, 7) is 4.62. The van der Waals surface area contributed by atoms with Gasteiger partial charge in [-0.25, -0.2) is 8.42 Å². The Morgan fingerprint density at radius 3 is 2.38 bits per heavy atom. The van der Waals surface area contributed by atoms with Crippen molar-refractivity contribution in [2.45, 2.75) is 30.1 Å². The Hall–Kier alpha value is -0.540. The first-order chi connectivity index (χ1) is 12.3. The Bertz CT molecular complexity index is 873. The van der Waals surface area contributed by atoms with Gasteiger partial charge in [-0.2, -0.15) is 4.31 Å². The van der Waals surface area contributed by atoms with E-state index in [2.05, 4.69) is 31.9 Å². The standard InChI is InChI=1S/C18H20Br2NO3S2/c1-3-8-21(9-10-25-14-4-7-18(22)13(2)11-14)26(23,24)15-5-6-16(19)17(20)12-15/h4-7,11-12H,3,8-10H2,1-2H3. The number of hydrogen-bond donors (Lipinski definition) is 0. The van der Waals surface area contributed by atoms with E-state index in [9.17, 15) is 13.5 Å². The molecule has 1 radical (unpaired) electrons. The lowest BCUT2D eigenvalue weighted by molar-refractivity contribution is 0.351. The maximum atomic E-state index is 13.0. The van der Waals surface area contributed by atoms with E-state index in [1.807, 2.05) is 13.0 Å². The minimum absolute atomic E-state index is 0.0188. The number of nitrogens with zero attached hydrogens (tertiary/aromatic N) is 1. The Labute approximate surface area is 176 Å². The van der Waals surface area contributed by atoms with Crippen LogP contribution < -0.4 is 0 Å². The molecule has 8 heteroatoms. The molecule has 0 amide bonds. The van der Waals surface area contributed by atoms with Crippen molar-refractivity contribution < 1.29 is 13.5 Å². The lowest BCUT2D eigenvalue weighted by Gasteiger charge is -2.22. The average molecular weight is 522 g/mol. The number of thioether (sulfide) groups is 1. The molecule has 0 saturated carbocycles. The van der Waals surface area contributed by atoms with Crippen LogP contribution in [0.2, 0.25) is 0 Å². The Kier molecular flexibility index (Phi) is 8.03. The van der Waals surface area contributed by atoms with Crippen molar-refractivity contribution in [1.82, 2.24) is 4.31 Å². The van der Waals surface area contributed by atoms with Gasteiger partial charge in [-0.1, -0.05) is 6.92 Å². The number of sulfonamides is 1. The summed E-state index contributed by atoms with van der Waals surface area (Å²) in [5, 5.41) is 11.5. The highest BCUT2D eigenvalue weighted by Gasteiger charge is 2.24. The predicted octanol–water partition coefficient (Wildman–Crippen LogP) is 5.86. The molecule has 141 valence electrons. The topological polar surface area (TPSA) is 57.3 Å². The number of rotatable bonds is 8. The molecule has 26 heavy (non-hydrogen) atoms.